The van der Waals surface area contributed by atoms with E-state index in [1.165, 1.54) is 0 Å². The van der Waals surface area contributed by atoms with Gasteiger partial charge in [0.2, 0.25) is 0 Å². The molecule has 2 aromatic carbocycles. The first-order valence-corrected chi connectivity index (χ1v) is 16.3. The zero-order chi connectivity index (χ0) is 32.0. The lowest BCUT2D eigenvalue weighted by molar-refractivity contribution is -0.183. The van der Waals surface area contributed by atoms with Gasteiger partial charge in [0.25, 0.3) is 0 Å². The van der Waals surface area contributed by atoms with E-state index in [9.17, 15) is 19.8 Å². The van der Waals surface area contributed by atoms with Crippen LogP contribution in [0.3, 0.4) is 0 Å². The maximum absolute atomic E-state index is 13.8. The van der Waals surface area contributed by atoms with Gasteiger partial charge in [-0.25, -0.2) is 4.79 Å². The summed E-state index contributed by atoms with van der Waals surface area (Å²) in [4.78, 5) is 37.3. The van der Waals surface area contributed by atoms with Gasteiger partial charge in [0.05, 0.1) is 26.4 Å². The summed E-state index contributed by atoms with van der Waals surface area (Å²) in [5, 5.41) is 26.9. The third kappa shape index (κ3) is 10.7. The van der Waals surface area contributed by atoms with E-state index < -0.39 is 23.5 Å². The molecule has 0 saturated carbocycles. The van der Waals surface area contributed by atoms with Crippen molar-refractivity contribution in [3.8, 4) is 0 Å². The highest BCUT2D eigenvalue weighted by Crippen LogP contribution is 2.26. The molecule has 0 radical (unpaired) electrons. The Hall–Kier alpha value is -2.74. The lowest BCUT2D eigenvalue weighted by Crippen LogP contribution is -2.57. The molecule has 2 saturated heterocycles. The Balaban J connectivity index is 1.53. The number of carbonyl (C=O) groups excluding carboxylic acids is 2. The number of morpholine rings is 2. The topological polar surface area (TPSA) is 133 Å². The molecule has 4 N–H and O–H groups in total. The molecule has 0 unspecified atom stereocenters. The zero-order valence-electron chi connectivity index (χ0n) is 26.5. The summed E-state index contributed by atoms with van der Waals surface area (Å²) in [6.45, 7) is 8.53. The summed E-state index contributed by atoms with van der Waals surface area (Å²) in [7, 11) is 0. The molecule has 0 aliphatic carbocycles. The van der Waals surface area contributed by atoms with Crippen molar-refractivity contribution in [2.75, 3.05) is 65.7 Å². The Bertz CT molecular complexity index is 1160. The van der Waals surface area contributed by atoms with Crippen LogP contribution in [0.1, 0.15) is 56.6 Å². The smallest absolute Gasteiger partial charge is 0.349 e. The van der Waals surface area contributed by atoms with Crippen molar-refractivity contribution in [2.45, 2.75) is 62.9 Å². The number of rotatable bonds is 18. The number of ether oxygens (including phenoxy) is 2. The molecular formula is C34H50N4O7. The molecule has 2 aromatic rings. The second-order valence-electron chi connectivity index (χ2n) is 11.9. The number of Topliss-reactive ketones (excluding diaryl/α,β-unsaturated/α-hetero) is 1. The van der Waals surface area contributed by atoms with Crippen LogP contribution < -0.4 is 10.8 Å². The van der Waals surface area contributed by atoms with Gasteiger partial charge >= 0.3 is 5.97 Å². The number of hydrogen-bond donors (Lipinski definition) is 4. The van der Waals surface area contributed by atoms with Crippen LogP contribution in [0.15, 0.2) is 60.7 Å². The number of carbonyl (C=O) groups is 2. The molecule has 0 amide bonds. The second-order valence-corrected chi connectivity index (χ2v) is 11.9. The average molecular weight is 627 g/mol. The number of ketones is 1. The van der Waals surface area contributed by atoms with E-state index in [1.807, 2.05) is 31.2 Å². The number of nitrogens with one attached hydrogen (secondary N) is 2. The van der Waals surface area contributed by atoms with E-state index in [4.69, 9.17) is 14.3 Å². The first-order valence-electron chi connectivity index (χ1n) is 16.3. The van der Waals surface area contributed by atoms with Crippen LogP contribution in [0.5, 0.6) is 0 Å². The summed E-state index contributed by atoms with van der Waals surface area (Å²) >= 11 is 0. The minimum atomic E-state index is -1.71. The summed E-state index contributed by atoms with van der Waals surface area (Å²) in [6, 6.07) is 16.5. The quantitative estimate of drug-likeness (QED) is 0.0841. The first-order chi connectivity index (χ1) is 21.8. The van der Waals surface area contributed by atoms with E-state index in [0.717, 1.165) is 39.0 Å². The molecule has 2 aliphatic heterocycles. The molecule has 2 aliphatic rings. The largest absolute Gasteiger partial charge is 0.379 e. The van der Waals surface area contributed by atoms with Crippen molar-refractivity contribution in [1.82, 2.24) is 20.6 Å². The lowest BCUT2D eigenvalue weighted by atomic mass is 9.95. The number of aliphatic hydroxyl groups is 2. The van der Waals surface area contributed by atoms with Crippen LogP contribution in [0, 0.1) is 0 Å². The summed E-state index contributed by atoms with van der Waals surface area (Å²) in [6.07, 6.45) is 2.96. The first kappa shape index (κ1) is 35.1. The van der Waals surface area contributed by atoms with Gasteiger partial charge in [0.1, 0.15) is 5.72 Å². The molecule has 3 atom stereocenters. The fourth-order valence-corrected chi connectivity index (χ4v) is 5.67. The van der Waals surface area contributed by atoms with Gasteiger partial charge < -0.3 is 24.5 Å². The van der Waals surface area contributed by atoms with Crippen molar-refractivity contribution in [2.24, 2.45) is 0 Å². The van der Waals surface area contributed by atoms with Crippen LogP contribution in [0.25, 0.3) is 0 Å². The second kappa shape index (κ2) is 17.8. The molecule has 248 valence electrons. The lowest BCUT2D eigenvalue weighted by Gasteiger charge is -2.36. The van der Waals surface area contributed by atoms with Crippen LogP contribution in [-0.2, 0) is 35.4 Å². The van der Waals surface area contributed by atoms with Crippen molar-refractivity contribution in [3.63, 3.8) is 0 Å². The molecule has 0 aromatic heterocycles. The molecule has 11 nitrogen and oxygen atoms in total. The molecule has 45 heavy (non-hydrogen) atoms. The normalized spacial score (nSPS) is 19.7. The molecule has 11 heteroatoms. The fraction of sp³-hybridized carbons (Fsp3) is 0.588. The Labute approximate surface area is 266 Å². The molecule has 0 spiro atoms. The number of benzene rings is 2. The molecule has 0 bridgehead atoms. The number of hydroxylamine groups is 1. The molecular weight excluding hydrogens is 576 g/mol. The highest BCUT2D eigenvalue weighted by atomic mass is 16.7. The van der Waals surface area contributed by atoms with Gasteiger partial charge in [0.15, 0.2) is 17.6 Å². The van der Waals surface area contributed by atoms with Crippen LogP contribution in [-0.4, -0.2) is 104 Å². The Kier molecular flexibility index (Phi) is 13.9. The van der Waals surface area contributed by atoms with E-state index in [-0.39, 0.29) is 25.0 Å². The third-order valence-corrected chi connectivity index (χ3v) is 8.58. The number of nitrogens with zero attached hydrogens (tertiary/aromatic N) is 2. The monoisotopic (exact) mass is 626 g/mol. The fourth-order valence-electron chi connectivity index (χ4n) is 5.67. The third-order valence-electron chi connectivity index (χ3n) is 8.58. The summed E-state index contributed by atoms with van der Waals surface area (Å²) in [5.41, 5.74) is 0.269. The summed E-state index contributed by atoms with van der Waals surface area (Å²) in [5.74, 6) is -1.30. The van der Waals surface area contributed by atoms with Crippen LogP contribution >= 0.6 is 0 Å². The van der Waals surface area contributed by atoms with Crippen LogP contribution in [0.4, 0.5) is 0 Å². The molecule has 4 rings (SSSR count). The number of hydrogen-bond acceptors (Lipinski definition) is 11. The SMILES string of the molecule is CCCCCC(=O)[C@H](N[C@](O)(CCN1CCOCC1)c1ccccc1)C(=O)ON[C@](O)(CCN1CCOCC1)c1ccccc1. The standard InChI is InChI=1S/C34H50N4O7/c1-2-3-6-15-30(39)31(35-33(41,28-11-7-4-8-12-28)16-18-37-20-24-43-25-21-37)32(40)45-36-34(42,29-13-9-5-10-14-29)17-19-38-22-26-44-27-23-38/h4-5,7-14,31,35-36,41-42H,2-3,6,15-27H2,1H3/t31-,33-,34-/m0/s1. The highest BCUT2D eigenvalue weighted by molar-refractivity contribution is 6.03. The van der Waals surface area contributed by atoms with E-state index >= 15 is 0 Å². The van der Waals surface area contributed by atoms with Gasteiger partial charge in [-0.05, 0) is 12.0 Å². The van der Waals surface area contributed by atoms with Gasteiger partial charge in [0, 0.05) is 64.1 Å². The minimum absolute atomic E-state index is 0.148. The zero-order valence-corrected chi connectivity index (χ0v) is 26.5. The molecule has 2 fully saturated rings. The van der Waals surface area contributed by atoms with Gasteiger partial charge in [-0.1, -0.05) is 80.4 Å². The van der Waals surface area contributed by atoms with Gasteiger partial charge in [-0.15, -0.1) is 5.48 Å². The number of unbranched alkanes of at least 4 members (excludes halogenated alkanes) is 2. The van der Waals surface area contributed by atoms with Crippen LogP contribution in [0.2, 0.25) is 0 Å². The van der Waals surface area contributed by atoms with E-state index in [1.54, 1.807) is 36.4 Å². The average Bonchev–Trinajstić information content (AvgIpc) is 3.09. The van der Waals surface area contributed by atoms with Gasteiger partial charge in [-0.3, -0.25) is 19.9 Å². The minimum Gasteiger partial charge on any atom is -0.379 e. The van der Waals surface area contributed by atoms with Crippen molar-refractivity contribution in [3.05, 3.63) is 71.8 Å². The predicted octanol–water partition coefficient (Wildman–Crippen LogP) is 2.28. The summed E-state index contributed by atoms with van der Waals surface area (Å²) < 4.78 is 10.9. The Morgan fingerprint density at radius 1 is 0.800 bits per heavy atom. The Morgan fingerprint density at radius 2 is 1.29 bits per heavy atom. The maximum Gasteiger partial charge on any atom is 0.349 e. The highest BCUT2D eigenvalue weighted by Gasteiger charge is 2.40. The van der Waals surface area contributed by atoms with Crippen molar-refractivity contribution < 1.29 is 34.1 Å². The van der Waals surface area contributed by atoms with E-state index in [0.29, 0.717) is 57.1 Å². The molecule has 2 heterocycles. The Morgan fingerprint density at radius 3 is 1.80 bits per heavy atom. The van der Waals surface area contributed by atoms with E-state index in [2.05, 4.69) is 20.6 Å². The predicted molar refractivity (Wildman–Crippen MR) is 170 cm³/mol. The maximum atomic E-state index is 13.8. The van der Waals surface area contributed by atoms with Crippen molar-refractivity contribution in [1.29, 1.82) is 0 Å². The van der Waals surface area contributed by atoms with Crippen molar-refractivity contribution >= 4 is 11.8 Å². The van der Waals surface area contributed by atoms with Gasteiger partial charge in [-0.2, -0.15) is 0 Å².